The van der Waals surface area contributed by atoms with E-state index in [-0.39, 0.29) is 24.3 Å². The van der Waals surface area contributed by atoms with Crippen molar-refractivity contribution in [2.45, 2.75) is 71.5 Å². The van der Waals surface area contributed by atoms with Crippen molar-refractivity contribution in [3.63, 3.8) is 0 Å². The molecule has 1 atom stereocenters. The van der Waals surface area contributed by atoms with Crippen LogP contribution in [0, 0.1) is 13.8 Å². The van der Waals surface area contributed by atoms with E-state index in [1.807, 2.05) is 57.2 Å². The molecule has 0 unspecified atom stereocenters. The predicted molar refractivity (Wildman–Crippen MR) is 121 cm³/mol. The molecule has 0 radical (unpaired) electrons. The number of amides is 2. The van der Waals surface area contributed by atoms with Gasteiger partial charge >= 0.3 is 0 Å². The highest BCUT2D eigenvalue weighted by Gasteiger charge is 2.28. The lowest BCUT2D eigenvalue weighted by Crippen LogP contribution is -2.50. The number of nitrogens with one attached hydrogen (secondary N) is 1. The van der Waals surface area contributed by atoms with Crippen molar-refractivity contribution in [2.24, 2.45) is 0 Å². The van der Waals surface area contributed by atoms with Crippen molar-refractivity contribution in [2.75, 3.05) is 0 Å². The third-order valence-electron chi connectivity index (χ3n) is 5.75. The van der Waals surface area contributed by atoms with Gasteiger partial charge in [0.1, 0.15) is 6.04 Å². The average molecular weight is 427 g/mol. The summed E-state index contributed by atoms with van der Waals surface area (Å²) in [5.74, 6) is -0.147. The maximum Gasteiger partial charge on any atom is 0.242 e. The van der Waals surface area contributed by atoms with E-state index in [2.05, 4.69) is 11.4 Å². The highest BCUT2D eigenvalue weighted by molar-refractivity contribution is 6.30. The topological polar surface area (TPSA) is 49.4 Å². The van der Waals surface area contributed by atoms with Crippen LogP contribution >= 0.6 is 11.6 Å². The minimum absolute atomic E-state index is 0.0611. The molecule has 160 valence electrons. The zero-order valence-corrected chi connectivity index (χ0v) is 18.8. The van der Waals surface area contributed by atoms with Gasteiger partial charge in [-0.05, 0) is 56.9 Å². The summed E-state index contributed by atoms with van der Waals surface area (Å²) in [7, 11) is 0. The minimum Gasteiger partial charge on any atom is -0.352 e. The van der Waals surface area contributed by atoms with E-state index in [0.717, 1.165) is 47.9 Å². The van der Waals surface area contributed by atoms with Crippen molar-refractivity contribution in [1.29, 1.82) is 0 Å². The Morgan fingerprint density at radius 2 is 1.73 bits per heavy atom. The maximum absolute atomic E-state index is 13.3. The Labute approximate surface area is 184 Å². The Kier molecular flexibility index (Phi) is 7.54. The Balaban J connectivity index is 1.79. The Morgan fingerprint density at radius 3 is 2.37 bits per heavy atom. The predicted octanol–water partition coefficient (Wildman–Crippen LogP) is 4.98. The molecule has 1 fully saturated rings. The number of aryl methyl sites for hydroxylation is 2. The first kappa shape index (κ1) is 22.4. The van der Waals surface area contributed by atoms with Gasteiger partial charge in [-0.2, -0.15) is 0 Å². The molecule has 2 amide bonds. The van der Waals surface area contributed by atoms with Crippen molar-refractivity contribution in [1.82, 2.24) is 10.2 Å². The smallest absolute Gasteiger partial charge is 0.242 e. The van der Waals surface area contributed by atoms with Gasteiger partial charge in [0.2, 0.25) is 11.8 Å². The molecular weight excluding hydrogens is 396 g/mol. The molecule has 1 aliphatic rings. The Hall–Kier alpha value is -2.33. The second-order valence-corrected chi connectivity index (χ2v) is 8.93. The molecule has 2 aromatic rings. The van der Waals surface area contributed by atoms with Gasteiger partial charge in [-0.1, -0.05) is 65.9 Å². The SMILES string of the molecule is Cc1cc(C)cc(CC(=O)N(Cc2cccc(Cl)c2)[C@@H](C)C(=O)NC2CCCC2)c1. The molecule has 0 spiro atoms. The molecule has 0 bridgehead atoms. The lowest BCUT2D eigenvalue weighted by Gasteiger charge is -2.30. The second kappa shape index (κ2) is 10.1. The number of carbonyl (C=O) groups excluding carboxylic acids is 2. The van der Waals surface area contributed by atoms with Crippen LogP contribution in [0.15, 0.2) is 42.5 Å². The molecule has 0 saturated heterocycles. The largest absolute Gasteiger partial charge is 0.352 e. The average Bonchev–Trinajstić information content (AvgIpc) is 3.17. The summed E-state index contributed by atoms with van der Waals surface area (Å²) in [4.78, 5) is 27.9. The van der Waals surface area contributed by atoms with Gasteiger partial charge in [-0.25, -0.2) is 0 Å². The zero-order valence-electron chi connectivity index (χ0n) is 18.1. The van der Waals surface area contributed by atoms with E-state index in [4.69, 9.17) is 11.6 Å². The number of benzene rings is 2. The molecule has 30 heavy (non-hydrogen) atoms. The molecule has 0 aliphatic heterocycles. The lowest BCUT2D eigenvalue weighted by atomic mass is 10.0. The normalized spacial score (nSPS) is 15.1. The molecule has 3 rings (SSSR count). The second-order valence-electron chi connectivity index (χ2n) is 8.49. The molecule has 2 aromatic carbocycles. The van der Waals surface area contributed by atoms with Crippen molar-refractivity contribution in [3.05, 3.63) is 69.7 Å². The fourth-order valence-corrected chi connectivity index (χ4v) is 4.47. The van der Waals surface area contributed by atoms with Crippen LogP contribution in [0.1, 0.15) is 54.9 Å². The van der Waals surface area contributed by atoms with Gasteiger partial charge in [0.05, 0.1) is 6.42 Å². The van der Waals surface area contributed by atoms with Gasteiger partial charge in [0.15, 0.2) is 0 Å². The van der Waals surface area contributed by atoms with Crippen molar-refractivity contribution in [3.8, 4) is 0 Å². The lowest BCUT2D eigenvalue weighted by molar-refractivity contribution is -0.140. The van der Waals surface area contributed by atoms with Crippen LogP contribution in [0.4, 0.5) is 0 Å². The first-order chi connectivity index (χ1) is 14.3. The van der Waals surface area contributed by atoms with Crippen LogP contribution in [0.5, 0.6) is 0 Å². The Bertz CT molecular complexity index is 886. The fraction of sp³-hybridized carbons (Fsp3) is 0.440. The molecule has 5 heteroatoms. The zero-order chi connectivity index (χ0) is 21.7. The highest BCUT2D eigenvalue weighted by atomic mass is 35.5. The number of hydrogen-bond donors (Lipinski definition) is 1. The number of rotatable bonds is 7. The quantitative estimate of drug-likeness (QED) is 0.679. The van der Waals surface area contributed by atoms with Crippen LogP contribution in [0.25, 0.3) is 0 Å². The molecule has 0 aromatic heterocycles. The van der Waals surface area contributed by atoms with Gasteiger partial charge in [0, 0.05) is 17.6 Å². The summed E-state index contributed by atoms with van der Waals surface area (Å²) in [5.41, 5.74) is 4.14. The summed E-state index contributed by atoms with van der Waals surface area (Å²) in [6, 6.07) is 13.3. The number of nitrogens with zero attached hydrogens (tertiary/aromatic N) is 1. The standard InChI is InChI=1S/C25H31ClN2O2/c1-17-11-18(2)13-21(12-17)15-24(29)28(16-20-7-6-8-22(26)14-20)19(3)25(30)27-23-9-4-5-10-23/h6-8,11-14,19,23H,4-5,9-10,15-16H2,1-3H3,(H,27,30)/t19-/m0/s1. The molecular formula is C25H31ClN2O2. The summed E-state index contributed by atoms with van der Waals surface area (Å²) in [5, 5.41) is 3.76. The summed E-state index contributed by atoms with van der Waals surface area (Å²) in [6.45, 7) is 6.22. The maximum atomic E-state index is 13.3. The minimum atomic E-state index is -0.553. The highest BCUT2D eigenvalue weighted by Crippen LogP contribution is 2.20. The van der Waals surface area contributed by atoms with E-state index in [1.54, 1.807) is 4.90 Å². The molecule has 1 N–H and O–H groups in total. The third-order valence-corrected chi connectivity index (χ3v) is 5.98. The molecule has 1 saturated carbocycles. The summed E-state index contributed by atoms with van der Waals surface area (Å²) in [6.07, 6.45) is 4.60. The number of carbonyl (C=O) groups is 2. The summed E-state index contributed by atoms with van der Waals surface area (Å²) >= 11 is 6.15. The van der Waals surface area contributed by atoms with Gasteiger partial charge in [-0.15, -0.1) is 0 Å². The van der Waals surface area contributed by atoms with Crippen molar-refractivity contribution >= 4 is 23.4 Å². The Morgan fingerprint density at radius 1 is 1.07 bits per heavy atom. The molecule has 4 nitrogen and oxygen atoms in total. The number of hydrogen-bond acceptors (Lipinski definition) is 2. The van der Waals surface area contributed by atoms with Gasteiger partial charge in [0.25, 0.3) is 0 Å². The first-order valence-corrected chi connectivity index (χ1v) is 11.1. The van der Waals surface area contributed by atoms with E-state index in [1.165, 1.54) is 0 Å². The fourth-order valence-electron chi connectivity index (χ4n) is 4.25. The third kappa shape index (κ3) is 6.09. The van der Waals surface area contributed by atoms with Crippen LogP contribution < -0.4 is 5.32 Å². The molecule has 1 aliphatic carbocycles. The van der Waals surface area contributed by atoms with E-state index < -0.39 is 6.04 Å². The van der Waals surface area contributed by atoms with Crippen LogP contribution in [0.2, 0.25) is 5.02 Å². The summed E-state index contributed by atoms with van der Waals surface area (Å²) < 4.78 is 0. The van der Waals surface area contributed by atoms with E-state index in [9.17, 15) is 9.59 Å². The molecule has 0 heterocycles. The van der Waals surface area contributed by atoms with E-state index in [0.29, 0.717) is 11.6 Å². The van der Waals surface area contributed by atoms with E-state index >= 15 is 0 Å². The van der Waals surface area contributed by atoms with Gasteiger partial charge in [-0.3, -0.25) is 9.59 Å². The monoisotopic (exact) mass is 426 g/mol. The van der Waals surface area contributed by atoms with Gasteiger partial charge < -0.3 is 10.2 Å². The van der Waals surface area contributed by atoms with Crippen LogP contribution in [-0.4, -0.2) is 28.8 Å². The van der Waals surface area contributed by atoms with Crippen LogP contribution in [0.3, 0.4) is 0 Å². The van der Waals surface area contributed by atoms with Crippen molar-refractivity contribution < 1.29 is 9.59 Å². The van der Waals surface area contributed by atoms with Crippen LogP contribution in [-0.2, 0) is 22.6 Å². The first-order valence-electron chi connectivity index (χ1n) is 10.7. The number of halogens is 1.